The van der Waals surface area contributed by atoms with Crippen molar-refractivity contribution in [3.05, 3.63) is 28.5 Å². The lowest BCUT2D eigenvalue weighted by molar-refractivity contribution is -0.141. The molecular weight excluding hydrogens is 277 g/mol. The number of methoxy groups -OCH3 is 1. The molecule has 1 rings (SSSR count). The Morgan fingerprint density at radius 3 is 2.81 bits per heavy atom. The van der Waals surface area contributed by atoms with E-state index in [1.54, 1.807) is 12.1 Å². The van der Waals surface area contributed by atoms with Crippen molar-refractivity contribution < 1.29 is 13.9 Å². The number of carbonyl (C=O) groups is 1. The molecular formula is C11H13BrFNO2. The topological polar surface area (TPSA) is 38.3 Å². The molecule has 1 atom stereocenters. The van der Waals surface area contributed by atoms with E-state index < -0.39 is 6.04 Å². The summed E-state index contributed by atoms with van der Waals surface area (Å²) in [5, 5.41) is 2.91. The highest BCUT2D eigenvalue weighted by Gasteiger charge is 2.16. The molecule has 0 aliphatic carbocycles. The van der Waals surface area contributed by atoms with Crippen LogP contribution in [0.3, 0.4) is 0 Å². The Kier molecular flexibility index (Phi) is 4.73. The number of halogens is 2. The van der Waals surface area contributed by atoms with Gasteiger partial charge in [0.2, 0.25) is 0 Å². The second-order valence-electron chi connectivity index (χ2n) is 3.26. The maximum atomic E-state index is 13.2. The number of rotatable bonds is 4. The molecule has 1 N–H and O–H groups in total. The number of benzene rings is 1. The highest BCUT2D eigenvalue weighted by Crippen LogP contribution is 2.20. The minimum atomic E-state index is -0.453. The van der Waals surface area contributed by atoms with E-state index in [4.69, 9.17) is 0 Å². The second-order valence-corrected chi connectivity index (χ2v) is 4.11. The summed E-state index contributed by atoms with van der Waals surface area (Å²) in [7, 11) is 1.33. The fourth-order valence-corrected chi connectivity index (χ4v) is 1.50. The SMILES string of the molecule is CCC(Nc1ccc(Br)c(F)c1)C(=O)OC. The Bertz CT molecular complexity index is 384. The highest BCUT2D eigenvalue weighted by molar-refractivity contribution is 9.10. The van der Waals surface area contributed by atoms with Gasteiger partial charge in [-0.3, -0.25) is 0 Å². The predicted molar refractivity (Wildman–Crippen MR) is 63.8 cm³/mol. The van der Waals surface area contributed by atoms with E-state index >= 15 is 0 Å². The Labute approximate surface area is 102 Å². The first-order valence-electron chi connectivity index (χ1n) is 4.88. The Hall–Kier alpha value is -1.10. The third kappa shape index (κ3) is 3.20. The van der Waals surface area contributed by atoms with Crippen molar-refractivity contribution in [2.45, 2.75) is 19.4 Å². The maximum Gasteiger partial charge on any atom is 0.328 e. The largest absolute Gasteiger partial charge is 0.467 e. The summed E-state index contributed by atoms with van der Waals surface area (Å²) in [5.41, 5.74) is 0.554. The van der Waals surface area contributed by atoms with Gasteiger partial charge in [0.05, 0.1) is 11.6 Å². The molecule has 0 spiro atoms. The zero-order valence-electron chi connectivity index (χ0n) is 9.09. The van der Waals surface area contributed by atoms with Gasteiger partial charge in [-0.25, -0.2) is 9.18 Å². The Balaban J connectivity index is 2.78. The van der Waals surface area contributed by atoms with Gasteiger partial charge in [-0.05, 0) is 40.5 Å². The molecule has 0 heterocycles. The molecule has 1 aromatic rings. The van der Waals surface area contributed by atoms with E-state index in [-0.39, 0.29) is 11.8 Å². The minimum absolute atomic E-state index is 0.356. The maximum absolute atomic E-state index is 13.2. The summed E-state index contributed by atoms with van der Waals surface area (Å²) in [6.07, 6.45) is 0.574. The lowest BCUT2D eigenvalue weighted by Crippen LogP contribution is -2.29. The number of anilines is 1. The van der Waals surface area contributed by atoms with Crippen molar-refractivity contribution in [2.24, 2.45) is 0 Å². The first-order chi connectivity index (χ1) is 7.58. The number of ether oxygens (including phenoxy) is 1. The van der Waals surface area contributed by atoms with E-state index in [0.717, 1.165) is 0 Å². The Morgan fingerprint density at radius 1 is 1.62 bits per heavy atom. The number of hydrogen-bond donors (Lipinski definition) is 1. The molecule has 0 bridgehead atoms. The molecule has 16 heavy (non-hydrogen) atoms. The van der Waals surface area contributed by atoms with Gasteiger partial charge in [-0.15, -0.1) is 0 Å². The molecule has 0 amide bonds. The average Bonchev–Trinajstić information content (AvgIpc) is 2.29. The first kappa shape index (κ1) is 13.0. The Morgan fingerprint density at radius 2 is 2.31 bits per heavy atom. The highest BCUT2D eigenvalue weighted by atomic mass is 79.9. The predicted octanol–water partition coefficient (Wildman–Crippen LogP) is 2.95. The second kappa shape index (κ2) is 5.84. The molecule has 0 fully saturated rings. The fraction of sp³-hybridized carbons (Fsp3) is 0.364. The van der Waals surface area contributed by atoms with Crippen molar-refractivity contribution in [3.8, 4) is 0 Å². The summed E-state index contributed by atoms with van der Waals surface area (Å²) in [6.45, 7) is 1.85. The van der Waals surface area contributed by atoms with Gasteiger partial charge in [0.25, 0.3) is 0 Å². The third-order valence-electron chi connectivity index (χ3n) is 2.15. The number of hydrogen-bond acceptors (Lipinski definition) is 3. The standard InChI is InChI=1S/C11H13BrFNO2/c1-3-10(11(15)16-2)14-7-4-5-8(12)9(13)6-7/h4-6,10,14H,3H2,1-2H3. The van der Waals surface area contributed by atoms with Crippen molar-refractivity contribution in [3.63, 3.8) is 0 Å². The van der Waals surface area contributed by atoms with Gasteiger partial charge < -0.3 is 10.1 Å². The van der Waals surface area contributed by atoms with Crippen LogP contribution < -0.4 is 5.32 Å². The molecule has 1 aromatic carbocycles. The van der Waals surface area contributed by atoms with E-state index in [9.17, 15) is 9.18 Å². The van der Waals surface area contributed by atoms with E-state index in [1.165, 1.54) is 13.2 Å². The fourth-order valence-electron chi connectivity index (χ4n) is 1.26. The van der Waals surface area contributed by atoms with Gasteiger partial charge in [-0.1, -0.05) is 6.92 Å². The summed E-state index contributed by atoms with van der Waals surface area (Å²) in [5.74, 6) is -0.726. The zero-order chi connectivity index (χ0) is 12.1. The van der Waals surface area contributed by atoms with Crippen LogP contribution in [-0.2, 0) is 9.53 Å². The molecule has 0 aliphatic heterocycles. The van der Waals surface area contributed by atoms with Crippen LogP contribution in [0.4, 0.5) is 10.1 Å². The van der Waals surface area contributed by atoms with Crippen LogP contribution in [0.1, 0.15) is 13.3 Å². The van der Waals surface area contributed by atoms with E-state index in [2.05, 4.69) is 26.0 Å². The van der Waals surface area contributed by atoms with Crippen molar-refractivity contribution >= 4 is 27.6 Å². The molecule has 5 heteroatoms. The van der Waals surface area contributed by atoms with Crippen LogP contribution in [0.25, 0.3) is 0 Å². The number of esters is 1. The summed E-state index contributed by atoms with van der Waals surface area (Å²) < 4.78 is 18.2. The zero-order valence-corrected chi connectivity index (χ0v) is 10.7. The lowest BCUT2D eigenvalue weighted by Gasteiger charge is -2.15. The van der Waals surface area contributed by atoms with E-state index in [1.807, 2.05) is 6.92 Å². The van der Waals surface area contributed by atoms with Gasteiger partial charge in [0.1, 0.15) is 11.9 Å². The minimum Gasteiger partial charge on any atom is -0.467 e. The van der Waals surface area contributed by atoms with Crippen molar-refractivity contribution in [1.29, 1.82) is 0 Å². The molecule has 0 saturated heterocycles. The quantitative estimate of drug-likeness (QED) is 0.866. The molecule has 1 unspecified atom stereocenters. The first-order valence-corrected chi connectivity index (χ1v) is 5.67. The summed E-state index contributed by atoms with van der Waals surface area (Å²) in [6, 6.07) is 4.15. The van der Waals surface area contributed by atoms with E-state index in [0.29, 0.717) is 16.6 Å². The molecule has 0 radical (unpaired) electrons. The molecule has 3 nitrogen and oxygen atoms in total. The van der Waals surface area contributed by atoms with Crippen LogP contribution in [0.15, 0.2) is 22.7 Å². The average molecular weight is 290 g/mol. The van der Waals surface area contributed by atoms with Crippen LogP contribution in [0.2, 0.25) is 0 Å². The number of carbonyl (C=O) groups excluding carboxylic acids is 1. The van der Waals surface area contributed by atoms with Gasteiger partial charge in [-0.2, -0.15) is 0 Å². The number of nitrogens with one attached hydrogen (secondary N) is 1. The molecule has 0 aliphatic rings. The smallest absolute Gasteiger partial charge is 0.328 e. The molecule has 88 valence electrons. The van der Waals surface area contributed by atoms with Crippen molar-refractivity contribution in [2.75, 3.05) is 12.4 Å². The van der Waals surface area contributed by atoms with Crippen molar-refractivity contribution in [1.82, 2.24) is 0 Å². The monoisotopic (exact) mass is 289 g/mol. The van der Waals surface area contributed by atoms with Crippen LogP contribution >= 0.6 is 15.9 Å². The van der Waals surface area contributed by atoms with Gasteiger partial charge in [0.15, 0.2) is 0 Å². The molecule has 0 saturated carbocycles. The molecule has 0 aromatic heterocycles. The summed E-state index contributed by atoms with van der Waals surface area (Å²) >= 11 is 3.06. The van der Waals surface area contributed by atoms with Crippen LogP contribution in [0.5, 0.6) is 0 Å². The van der Waals surface area contributed by atoms with Crippen LogP contribution in [-0.4, -0.2) is 19.1 Å². The van der Waals surface area contributed by atoms with Crippen LogP contribution in [0, 0.1) is 5.82 Å². The normalized spacial score (nSPS) is 12.0. The third-order valence-corrected chi connectivity index (χ3v) is 2.80. The lowest BCUT2D eigenvalue weighted by atomic mass is 10.2. The summed E-state index contributed by atoms with van der Waals surface area (Å²) in [4.78, 5) is 11.3. The van der Waals surface area contributed by atoms with Gasteiger partial charge in [0, 0.05) is 5.69 Å². The van der Waals surface area contributed by atoms with Gasteiger partial charge >= 0.3 is 5.97 Å².